The van der Waals surface area contributed by atoms with Gasteiger partial charge in [0.05, 0.1) is 5.69 Å². The number of carbonyl (C=O) groups excluding carboxylic acids is 2. The van der Waals surface area contributed by atoms with Crippen LogP contribution in [0.2, 0.25) is 0 Å². The van der Waals surface area contributed by atoms with Gasteiger partial charge in [-0.1, -0.05) is 39.3 Å². The van der Waals surface area contributed by atoms with E-state index in [0.717, 1.165) is 19.3 Å². The van der Waals surface area contributed by atoms with Gasteiger partial charge in [0.25, 0.3) is 0 Å². The molecular formula is C18H28FNO2. The van der Waals surface area contributed by atoms with Gasteiger partial charge in [0, 0.05) is 20.2 Å². The number of unbranched alkanes of at least 4 members (excludes halogenated alkanes) is 2. The minimum absolute atomic E-state index is 0. The van der Waals surface area contributed by atoms with E-state index in [4.69, 9.17) is 0 Å². The first kappa shape index (κ1) is 18.3. The maximum absolute atomic E-state index is 14.2. The van der Waals surface area contributed by atoms with Crippen LogP contribution in [0.5, 0.6) is 0 Å². The van der Waals surface area contributed by atoms with Gasteiger partial charge < -0.3 is 5.32 Å². The lowest BCUT2D eigenvalue weighted by Gasteiger charge is -2.09. The lowest BCUT2D eigenvalue weighted by molar-refractivity contribution is -0.122. The molecule has 1 N–H and O–H groups in total. The molecule has 22 heavy (non-hydrogen) atoms. The molecule has 0 atom stereocenters. The van der Waals surface area contributed by atoms with Crippen molar-refractivity contribution in [3.05, 3.63) is 29.6 Å². The zero-order valence-electron chi connectivity index (χ0n) is 13.7. The van der Waals surface area contributed by atoms with Crippen LogP contribution in [0.3, 0.4) is 0 Å². The van der Waals surface area contributed by atoms with Crippen LogP contribution in [0.1, 0.15) is 59.9 Å². The molecule has 0 fully saturated rings. The number of amides is 1. The summed E-state index contributed by atoms with van der Waals surface area (Å²) < 4.78 is 14.2. The molecule has 124 valence electrons. The number of anilines is 1. The van der Waals surface area contributed by atoms with Gasteiger partial charge >= 0.3 is 0 Å². The topological polar surface area (TPSA) is 46.2 Å². The number of hydrogen-bond acceptors (Lipinski definition) is 2. The first-order valence-corrected chi connectivity index (χ1v) is 8.05. The molecule has 0 saturated heterocycles. The van der Waals surface area contributed by atoms with Gasteiger partial charge in [-0.25, -0.2) is 4.39 Å². The number of halogens is 1. The minimum Gasteiger partial charge on any atom is -0.324 e. The van der Waals surface area contributed by atoms with Crippen LogP contribution in [-0.2, 0) is 16.0 Å². The Morgan fingerprint density at radius 2 is 1.95 bits per heavy atom. The Bertz CT molecular complexity index is 518. The summed E-state index contributed by atoms with van der Waals surface area (Å²) in [4.78, 5) is 22.9. The highest BCUT2D eigenvalue weighted by Crippen LogP contribution is 2.20. The van der Waals surface area contributed by atoms with E-state index in [-0.39, 0.29) is 30.5 Å². The van der Waals surface area contributed by atoms with E-state index in [1.165, 1.54) is 0 Å². The van der Waals surface area contributed by atoms with Crippen molar-refractivity contribution in [3.8, 4) is 0 Å². The van der Waals surface area contributed by atoms with Gasteiger partial charge in [-0.3, -0.25) is 9.59 Å². The molecule has 1 rings (SSSR count). The zero-order valence-corrected chi connectivity index (χ0v) is 13.7. The van der Waals surface area contributed by atoms with Gasteiger partial charge in [-0.2, -0.15) is 0 Å². The number of ketones is 1. The first-order chi connectivity index (χ1) is 10.5. The number of nitrogens with one attached hydrogen (secondary N) is 1. The van der Waals surface area contributed by atoms with E-state index < -0.39 is 0 Å². The summed E-state index contributed by atoms with van der Waals surface area (Å²) in [5.74, 6) is -0.155. The molecule has 0 aliphatic heterocycles. The van der Waals surface area contributed by atoms with Crippen LogP contribution in [0.4, 0.5) is 10.1 Å². The van der Waals surface area contributed by atoms with Gasteiger partial charge in [0.1, 0.15) is 11.6 Å². The highest BCUT2D eigenvalue weighted by molar-refractivity contribution is 5.90. The van der Waals surface area contributed by atoms with Gasteiger partial charge in [-0.15, -0.1) is 0 Å². The van der Waals surface area contributed by atoms with Crippen LogP contribution < -0.4 is 5.32 Å². The lowest BCUT2D eigenvalue weighted by Crippen LogP contribution is -2.11. The third-order valence-corrected chi connectivity index (χ3v) is 3.69. The minimum atomic E-state index is -0.345. The van der Waals surface area contributed by atoms with Crippen LogP contribution in [0, 0.1) is 11.7 Å². The lowest BCUT2D eigenvalue weighted by atomic mass is 10.0. The maximum atomic E-state index is 14.2. The second-order valence-corrected chi connectivity index (χ2v) is 5.86. The van der Waals surface area contributed by atoms with E-state index in [1.54, 1.807) is 25.1 Å². The molecule has 0 bridgehead atoms. The molecule has 0 heterocycles. The summed E-state index contributed by atoms with van der Waals surface area (Å²) in [6.45, 7) is 5.55. The van der Waals surface area contributed by atoms with Gasteiger partial charge in [0.15, 0.2) is 0 Å². The molecule has 1 aromatic rings. The predicted octanol–water partition coefficient (Wildman–Crippen LogP) is 4.75. The van der Waals surface area contributed by atoms with Crippen molar-refractivity contribution in [2.24, 2.45) is 5.92 Å². The highest BCUT2D eigenvalue weighted by Gasteiger charge is 2.10. The number of Topliss-reactive ketones (excluding diaryl/α,β-unsaturated/α-hetero) is 1. The predicted molar refractivity (Wildman–Crippen MR) is 89.5 cm³/mol. The normalized spacial score (nSPS) is 10.8. The summed E-state index contributed by atoms with van der Waals surface area (Å²) in [6.07, 6.45) is 4.15. The third-order valence-electron chi connectivity index (χ3n) is 3.69. The number of benzene rings is 1. The van der Waals surface area contributed by atoms with Crippen LogP contribution in [0.15, 0.2) is 18.2 Å². The molecular weight excluding hydrogens is 281 g/mol. The van der Waals surface area contributed by atoms with E-state index in [2.05, 4.69) is 5.32 Å². The number of hydrogen-bond donors (Lipinski definition) is 1. The molecule has 0 spiro atoms. The second kappa shape index (κ2) is 9.34. The molecule has 0 aromatic heterocycles. The molecule has 1 amide bonds. The average molecular weight is 309 g/mol. The molecule has 3 nitrogen and oxygen atoms in total. The monoisotopic (exact) mass is 309 g/mol. The van der Waals surface area contributed by atoms with E-state index >= 15 is 0 Å². The van der Waals surface area contributed by atoms with Crippen LogP contribution >= 0.6 is 0 Å². The van der Waals surface area contributed by atoms with Crippen molar-refractivity contribution in [1.82, 2.24) is 0 Å². The Hall–Kier alpha value is -1.71. The molecule has 0 saturated carbocycles. The fourth-order valence-electron chi connectivity index (χ4n) is 2.19. The quantitative estimate of drug-likeness (QED) is 0.669. The Morgan fingerprint density at radius 1 is 1.23 bits per heavy atom. The van der Waals surface area contributed by atoms with E-state index in [0.29, 0.717) is 24.8 Å². The van der Waals surface area contributed by atoms with Gasteiger partial charge in [-0.05, 0) is 30.9 Å². The fourth-order valence-corrected chi connectivity index (χ4v) is 2.19. The van der Waals surface area contributed by atoms with Crippen molar-refractivity contribution >= 4 is 17.4 Å². The maximum Gasteiger partial charge on any atom is 0.224 e. The van der Waals surface area contributed by atoms with E-state index in [1.807, 2.05) is 13.8 Å². The molecule has 0 aliphatic carbocycles. The summed E-state index contributed by atoms with van der Waals surface area (Å²) in [5.41, 5.74) is 0.864. The number of aryl methyl sites for hydroxylation is 1. The van der Waals surface area contributed by atoms with Crippen molar-refractivity contribution in [3.63, 3.8) is 0 Å². The van der Waals surface area contributed by atoms with Crippen molar-refractivity contribution in [2.75, 3.05) is 5.32 Å². The third kappa shape index (κ3) is 5.96. The number of rotatable bonds is 9. The summed E-state index contributed by atoms with van der Waals surface area (Å²) in [5, 5.41) is 2.57. The van der Waals surface area contributed by atoms with Crippen molar-refractivity contribution in [1.29, 1.82) is 0 Å². The Morgan fingerprint density at radius 3 is 2.59 bits per heavy atom. The van der Waals surface area contributed by atoms with Crippen molar-refractivity contribution < 1.29 is 15.4 Å². The molecule has 0 radical (unpaired) electrons. The van der Waals surface area contributed by atoms with E-state index in [9.17, 15) is 14.0 Å². The van der Waals surface area contributed by atoms with Crippen LogP contribution in [0.25, 0.3) is 0 Å². The van der Waals surface area contributed by atoms with Crippen LogP contribution in [-0.4, -0.2) is 11.7 Å². The summed E-state index contributed by atoms with van der Waals surface area (Å²) in [6, 6.07) is 5.08. The average Bonchev–Trinajstić information content (AvgIpc) is 2.49. The molecule has 0 aliphatic rings. The first-order valence-electron chi connectivity index (χ1n) is 8.05. The second-order valence-electron chi connectivity index (χ2n) is 5.86. The Labute approximate surface area is 133 Å². The Kier molecular flexibility index (Phi) is 7.78. The SMILES string of the molecule is CCC(=O)Nc1cccc(CCCCCC(=O)C(C)C)c1F.[HH]. The smallest absolute Gasteiger partial charge is 0.224 e. The molecule has 4 heteroatoms. The van der Waals surface area contributed by atoms with Gasteiger partial charge in [0.2, 0.25) is 5.91 Å². The zero-order chi connectivity index (χ0) is 16.5. The molecule has 1 aromatic carbocycles. The summed E-state index contributed by atoms with van der Waals surface area (Å²) >= 11 is 0. The highest BCUT2D eigenvalue weighted by atomic mass is 19.1. The Balaban J connectivity index is 0.00000484. The van der Waals surface area contributed by atoms with Crippen molar-refractivity contribution in [2.45, 2.75) is 59.3 Å². The molecule has 0 unspecified atom stereocenters. The summed E-state index contributed by atoms with van der Waals surface area (Å²) in [7, 11) is 0. The fraction of sp³-hybridized carbons (Fsp3) is 0.556. The largest absolute Gasteiger partial charge is 0.324 e. The standard InChI is InChI=1S/C18H26FNO2.H2/c1-4-17(22)20-15-11-8-10-14(18(15)19)9-6-5-7-12-16(21)13(2)3;/h8,10-11,13H,4-7,9,12H2,1-3H3,(H,20,22);1H. The number of carbonyl (C=O) groups is 2.